The molecule has 0 aromatic carbocycles. The summed E-state index contributed by atoms with van der Waals surface area (Å²) in [6.07, 6.45) is 7.15. The highest BCUT2D eigenvalue weighted by Crippen LogP contribution is 2.32. The number of nitrogens with zero attached hydrogens (tertiary/aromatic N) is 4. The molecule has 0 spiro atoms. The van der Waals surface area contributed by atoms with Gasteiger partial charge in [0.1, 0.15) is 5.65 Å². The van der Waals surface area contributed by atoms with Crippen LogP contribution in [-0.2, 0) is 10.0 Å². The zero-order chi connectivity index (χ0) is 16.7. The molecule has 3 aromatic heterocycles. The number of hydrogen-bond acceptors (Lipinski definition) is 5. The normalized spacial score (nSPS) is 15.7. The Morgan fingerprint density at radius 1 is 1.38 bits per heavy atom. The lowest BCUT2D eigenvalue weighted by Gasteiger charge is -2.14. The monoisotopic (exact) mass is 339 g/mol. The molecule has 120 valence electrons. The molecule has 0 saturated heterocycles. The second-order valence-corrected chi connectivity index (χ2v) is 7.53. The van der Waals surface area contributed by atoms with Gasteiger partial charge in [0, 0.05) is 41.8 Å². The van der Waals surface area contributed by atoms with Crippen LogP contribution in [0.15, 0.2) is 36.8 Å². The van der Waals surface area contributed by atoms with E-state index in [2.05, 4.69) is 15.0 Å². The molecule has 0 unspecified atom stereocenters. The maximum atomic E-state index is 12.1. The molecule has 0 saturated carbocycles. The van der Waals surface area contributed by atoms with Gasteiger partial charge < -0.3 is 4.98 Å². The summed E-state index contributed by atoms with van der Waals surface area (Å²) in [4.78, 5) is 11.8. The minimum absolute atomic E-state index is 0.258. The summed E-state index contributed by atoms with van der Waals surface area (Å²) in [5, 5.41) is 10.6. The Morgan fingerprint density at radius 2 is 2.25 bits per heavy atom. The lowest BCUT2D eigenvalue weighted by atomic mass is 10.0. The summed E-state index contributed by atoms with van der Waals surface area (Å²) in [6.45, 7) is 0.538. The Balaban J connectivity index is 1.79. The van der Waals surface area contributed by atoms with Crippen molar-refractivity contribution >= 4 is 37.5 Å². The van der Waals surface area contributed by atoms with Crippen molar-refractivity contribution in [1.82, 2.24) is 19.3 Å². The summed E-state index contributed by atoms with van der Waals surface area (Å²) in [7, 11) is -3.55. The van der Waals surface area contributed by atoms with Crippen LogP contribution in [-0.4, -0.2) is 46.5 Å². The van der Waals surface area contributed by atoms with Crippen molar-refractivity contribution in [3.05, 3.63) is 42.4 Å². The zero-order valence-electron chi connectivity index (χ0n) is 12.6. The van der Waals surface area contributed by atoms with Crippen LogP contribution in [0.3, 0.4) is 0 Å². The van der Waals surface area contributed by atoms with Gasteiger partial charge in [0.05, 0.1) is 17.8 Å². The topological polar surface area (TPSA) is 103 Å². The van der Waals surface area contributed by atoms with E-state index in [9.17, 15) is 8.42 Å². The van der Waals surface area contributed by atoms with Crippen molar-refractivity contribution in [2.24, 2.45) is 0 Å². The highest BCUT2D eigenvalue weighted by molar-refractivity contribution is 7.89. The van der Waals surface area contributed by atoms with E-state index in [0.29, 0.717) is 0 Å². The minimum Gasteiger partial charge on any atom is -0.346 e. The number of nitriles is 1. The molecule has 8 heteroatoms. The van der Waals surface area contributed by atoms with Gasteiger partial charge in [-0.15, -0.1) is 0 Å². The van der Waals surface area contributed by atoms with E-state index in [4.69, 9.17) is 5.26 Å². The summed E-state index contributed by atoms with van der Waals surface area (Å²) in [5.41, 5.74) is 3.36. The number of H-pyrrole nitrogens is 1. The van der Waals surface area contributed by atoms with Gasteiger partial charge in [0.25, 0.3) is 0 Å². The zero-order valence-corrected chi connectivity index (χ0v) is 13.4. The SMILES string of the molecule is N#CCS(=O)(=O)N1CC=C(c2c[nH]c3ncc4ncccc4c23)C1. The molecule has 0 atom stereocenters. The van der Waals surface area contributed by atoms with Crippen LogP contribution < -0.4 is 0 Å². The largest absolute Gasteiger partial charge is 0.346 e. The molecule has 4 heterocycles. The van der Waals surface area contributed by atoms with Crippen LogP contribution in [0.5, 0.6) is 0 Å². The van der Waals surface area contributed by atoms with Gasteiger partial charge in [0.2, 0.25) is 10.0 Å². The first kappa shape index (κ1) is 14.8. The Hall–Kier alpha value is -2.76. The van der Waals surface area contributed by atoms with Crippen LogP contribution in [0, 0.1) is 11.3 Å². The van der Waals surface area contributed by atoms with Crippen LogP contribution in [0.4, 0.5) is 0 Å². The first-order chi connectivity index (χ1) is 11.6. The van der Waals surface area contributed by atoms with E-state index in [1.54, 1.807) is 18.5 Å². The number of fused-ring (bicyclic) bond motifs is 3. The fourth-order valence-corrected chi connectivity index (χ4v) is 3.99. The maximum absolute atomic E-state index is 12.1. The fraction of sp³-hybridized carbons (Fsp3) is 0.188. The third kappa shape index (κ3) is 2.26. The van der Waals surface area contributed by atoms with Crippen molar-refractivity contribution in [2.45, 2.75) is 0 Å². The molecule has 4 rings (SSSR count). The van der Waals surface area contributed by atoms with Gasteiger partial charge in [0.15, 0.2) is 5.75 Å². The number of aromatic amines is 1. The Morgan fingerprint density at radius 3 is 3.08 bits per heavy atom. The number of nitrogens with one attached hydrogen (secondary N) is 1. The van der Waals surface area contributed by atoms with E-state index < -0.39 is 15.8 Å². The summed E-state index contributed by atoms with van der Waals surface area (Å²) in [5.74, 6) is -0.504. The number of rotatable bonds is 3. The predicted octanol–water partition coefficient (Wildman–Crippen LogP) is 1.66. The van der Waals surface area contributed by atoms with Crippen molar-refractivity contribution in [3.8, 4) is 6.07 Å². The van der Waals surface area contributed by atoms with Crippen molar-refractivity contribution in [3.63, 3.8) is 0 Å². The van der Waals surface area contributed by atoms with E-state index in [-0.39, 0.29) is 13.1 Å². The molecule has 0 fully saturated rings. The van der Waals surface area contributed by atoms with E-state index in [1.807, 2.05) is 24.4 Å². The van der Waals surface area contributed by atoms with Gasteiger partial charge >= 0.3 is 0 Å². The van der Waals surface area contributed by atoms with Crippen molar-refractivity contribution in [1.29, 1.82) is 5.26 Å². The van der Waals surface area contributed by atoms with Gasteiger partial charge in [-0.1, -0.05) is 12.1 Å². The lowest BCUT2D eigenvalue weighted by molar-refractivity contribution is 0.493. The molecule has 0 amide bonds. The molecular weight excluding hydrogens is 326 g/mol. The maximum Gasteiger partial charge on any atom is 0.228 e. The third-order valence-corrected chi connectivity index (χ3v) is 5.72. The highest BCUT2D eigenvalue weighted by Gasteiger charge is 2.27. The molecule has 1 aliphatic rings. The fourth-order valence-electron chi connectivity index (χ4n) is 3.01. The average molecular weight is 339 g/mol. The summed E-state index contributed by atoms with van der Waals surface area (Å²) < 4.78 is 25.4. The second kappa shape index (κ2) is 5.40. The molecular formula is C16H13N5O2S. The Bertz CT molecular complexity index is 1120. The van der Waals surface area contributed by atoms with E-state index in [1.165, 1.54) is 4.31 Å². The lowest BCUT2D eigenvalue weighted by Crippen LogP contribution is -2.30. The van der Waals surface area contributed by atoms with Crippen molar-refractivity contribution < 1.29 is 8.42 Å². The van der Waals surface area contributed by atoms with Crippen LogP contribution in [0.2, 0.25) is 0 Å². The molecule has 1 N–H and O–H groups in total. The van der Waals surface area contributed by atoms with Crippen LogP contribution in [0.25, 0.3) is 27.5 Å². The Labute approximate surface area is 138 Å². The summed E-state index contributed by atoms with van der Waals surface area (Å²) >= 11 is 0. The van der Waals surface area contributed by atoms with Gasteiger partial charge in [-0.05, 0) is 11.6 Å². The number of hydrogen-bond donors (Lipinski definition) is 1. The molecule has 1 aliphatic heterocycles. The number of aromatic nitrogens is 3. The molecule has 24 heavy (non-hydrogen) atoms. The smallest absolute Gasteiger partial charge is 0.228 e. The Kier molecular flexibility index (Phi) is 3.33. The molecule has 7 nitrogen and oxygen atoms in total. The minimum atomic E-state index is -3.55. The third-order valence-electron chi connectivity index (χ3n) is 4.16. The van der Waals surface area contributed by atoms with Gasteiger partial charge in [-0.2, -0.15) is 9.57 Å². The highest BCUT2D eigenvalue weighted by atomic mass is 32.2. The average Bonchev–Trinajstić information content (AvgIpc) is 3.22. The second-order valence-electron chi connectivity index (χ2n) is 5.56. The summed E-state index contributed by atoms with van der Waals surface area (Å²) in [6, 6.07) is 5.55. The van der Waals surface area contributed by atoms with E-state index in [0.717, 1.165) is 33.1 Å². The first-order valence-electron chi connectivity index (χ1n) is 7.35. The standard InChI is InChI=1S/C16H13N5O2S/c17-4-7-24(22,23)21-6-3-11(10-21)13-8-19-16-15(13)12-2-1-5-18-14(12)9-20-16/h1-3,5,8-9H,6-7,10H2,(H,19,20). The molecule has 0 radical (unpaired) electrons. The molecule has 0 aliphatic carbocycles. The van der Waals surface area contributed by atoms with E-state index >= 15 is 0 Å². The van der Waals surface area contributed by atoms with Crippen molar-refractivity contribution in [2.75, 3.05) is 18.8 Å². The number of pyridine rings is 2. The quantitative estimate of drug-likeness (QED) is 0.782. The number of sulfonamides is 1. The van der Waals surface area contributed by atoms with Gasteiger partial charge in [-0.3, -0.25) is 4.98 Å². The first-order valence-corrected chi connectivity index (χ1v) is 8.96. The predicted molar refractivity (Wildman–Crippen MR) is 90.3 cm³/mol. The van der Waals surface area contributed by atoms with Crippen LogP contribution in [0.1, 0.15) is 5.56 Å². The van der Waals surface area contributed by atoms with Gasteiger partial charge in [-0.25, -0.2) is 13.4 Å². The van der Waals surface area contributed by atoms with Crippen LogP contribution >= 0.6 is 0 Å². The molecule has 3 aromatic rings. The molecule has 0 bridgehead atoms.